The maximum Gasteiger partial charge on any atom is 0.315 e. The van der Waals surface area contributed by atoms with E-state index in [0.717, 1.165) is 0 Å². The normalized spacial score (nSPS) is 13.4. The Morgan fingerprint density at radius 1 is 0.875 bits per heavy atom. The molecule has 0 heterocycles. The van der Waals surface area contributed by atoms with Crippen molar-refractivity contribution in [2.45, 2.75) is 56.1 Å². The number of methoxy groups -OCH3 is 1. The summed E-state index contributed by atoms with van der Waals surface area (Å²) in [4.78, 5) is 24.7. The van der Waals surface area contributed by atoms with E-state index in [-0.39, 0.29) is 16.8 Å². The Balaban J connectivity index is 2.26. The molecule has 0 spiro atoms. The van der Waals surface area contributed by atoms with E-state index in [1.165, 1.54) is 7.11 Å². The van der Waals surface area contributed by atoms with Crippen molar-refractivity contribution in [1.29, 1.82) is 0 Å². The minimum Gasteiger partial charge on any atom is -0.469 e. The van der Waals surface area contributed by atoms with Gasteiger partial charge in [0.2, 0.25) is 0 Å². The van der Waals surface area contributed by atoms with E-state index in [2.05, 4.69) is 4.74 Å². The van der Waals surface area contributed by atoms with Gasteiger partial charge in [0.1, 0.15) is 5.75 Å². The molecule has 174 valence electrons. The summed E-state index contributed by atoms with van der Waals surface area (Å²) in [6.07, 6.45) is 2.54. The Labute approximate surface area is 190 Å². The van der Waals surface area contributed by atoms with Gasteiger partial charge in [0.15, 0.2) is 9.84 Å². The number of unbranched alkanes of at least 4 members (excludes halogenated alkanes) is 2. The van der Waals surface area contributed by atoms with Gasteiger partial charge in [-0.05, 0) is 43.0 Å². The molecule has 0 bridgehead atoms. The van der Waals surface area contributed by atoms with Crippen LogP contribution in [0.2, 0.25) is 0 Å². The van der Waals surface area contributed by atoms with Crippen molar-refractivity contribution < 1.29 is 27.5 Å². The third kappa shape index (κ3) is 7.19. The van der Waals surface area contributed by atoms with Crippen LogP contribution in [0.25, 0.3) is 0 Å². The fourth-order valence-corrected chi connectivity index (χ4v) is 6.06. The van der Waals surface area contributed by atoms with Crippen LogP contribution in [0.3, 0.4) is 0 Å². The van der Waals surface area contributed by atoms with Gasteiger partial charge in [-0.1, -0.05) is 63.1 Å². The Hall–Kier alpha value is -2.67. The first-order chi connectivity index (χ1) is 15.3. The van der Waals surface area contributed by atoms with Crippen LogP contribution in [0, 0.1) is 11.8 Å². The lowest BCUT2D eigenvalue weighted by molar-refractivity contribution is -0.141. The average Bonchev–Trinajstić information content (AvgIpc) is 2.78. The zero-order valence-corrected chi connectivity index (χ0v) is 19.7. The summed E-state index contributed by atoms with van der Waals surface area (Å²) in [6.45, 7) is 3.62. The van der Waals surface area contributed by atoms with Crippen LogP contribution in [0.4, 0.5) is 0 Å². The molecule has 2 aromatic carbocycles. The number of carbonyl (C=O) groups excluding carboxylic acids is 2. The van der Waals surface area contributed by atoms with Crippen LogP contribution in [0.15, 0.2) is 65.6 Å². The van der Waals surface area contributed by atoms with Crippen molar-refractivity contribution in [3.05, 3.63) is 60.7 Å². The molecule has 0 aliphatic carbocycles. The second-order valence-corrected chi connectivity index (χ2v) is 10.2. The quantitative estimate of drug-likeness (QED) is 0.256. The number of benzene rings is 2. The van der Waals surface area contributed by atoms with Crippen LogP contribution in [-0.4, -0.2) is 32.7 Å². The molecule has 32 heavy (non-hydrogen) atoms. The van der Waals surface area contributed by atoms with Crippen molar-refractivity contribution in [3.8, 4) is 5.75 Å². The first kappa shape index (κ1) is 25.6. The third-order valence-corrected chi connectivity index (χ3v) is 7.89. The van der Waals surface area contributed by atoms with Gasteiger partial charge in [0.25, 0.3) is 0 Å². The van der Waals surface area contributed by atoms with Crippen LogP contribution in [0.5, 0.6) is 5.75 Å². The van der Waals surface area contributed by atoms with Gasteiger partial charge in [0.05, 0.1) is 23.2 Å². The molecule has 2 rings (SSSR count). The predicted octanol–water partition coefficient (Wildman–Crippen LogP) is 4.83. The van der Waals surface area contributed by atoms with E-state index >= 15 is 0 Å². The second-order valence-electron chi connectivity index (χ2n) is 8.08. The van der Waals surface area contributed by atoms with Gasteiger partial charge in [0, 0.05) is 6.42 Å². The highest BCUT2D eigenvalue weighted by Crippen LogP contribution is 2.32. The summed E-state index contributed by atoms with van der Waals surface area (Å²) in [5, 5.41) is -0.929. The van der Waals surface area contributed by atoms with E-state index in [9.17, 15) is 18.0 Å². The van der Waals surface area contributed by atoms with Crippen LogP contribution < -0.4 is 4.74 Å². The standard InChI is InChI=1S/C25H32O6S/c1-19(2)24(32(28,29)21-15-9-5-10-16-21)22(17-11-6-12-18-23(26)30-3)25(27)31-20-13-7-4-8-14-20/h4-5,7-10,13-16,19,22,24H,6,11-12,17-18H2,1-3H3/t22-,24-/m0/s1. The predicted molar refractivity (Wildman–Crippen MR) is 123 cm³/mol. The Bertz CT molecular complexity index is 954. The van der Waals surface area contributed by atoms with Crippen LogP contribution >= 0.6 is 0 Å². The maximum absolute atomic E-state index is 13.5. The molecule has 0 aliphatic rings. The average molecular weight is 461 g/mol. The molecular formula is C25H32O6S. The number of rotatable bonds is 12. The molecule has 6 nitrogen and oxygen atoms in total. The highest BCUT2D eigenvalue weighted by atomic mass is 32.2. The Morgan fingerprint density at radius 3 is 2.03 bits per heavy atom. The Morgan fingerprint density at radius 2 is 1.47 bits per heavy atom. The lowest BCUT2D eigenvalue weighted by atomic mass is 9.91. The van der Waals surface area contributed by atoms with Crippen LogP contribution in [-0.2, 0) is 24.2 Å². The molecule has 0 saturated carbocycles. The number of carbonyl (C=O) groups is 2. The molecule has 2 aromatic rings. The van der Waals surface area contributed by atoms with E-state index in [0.29, 0.717) is 37.9 Å². The summed E-state index contributed by atoms with van der Waals surface area (Å²) in [7, 11) is -2.43. The number of hydrogen-bond donors (Lipinski definition) is 0. The van der Waals surface area contributed by atoms with Crippen molar-refractivity contribution in [1.82, 2.24) is 0 Å². The molecule has 0 fully saturated rings. The maximum atomic E-state index is 13.5. The highest BCUT2D eigenvalue weighted by molar-refractivity contribution is 7.92. The molecule has 0 aromatic heterocycles. The lowest BCUT2D eigenvalue weighted by Gasteiger charge is -2.28. The number of para-hydroxylation sites is 1. The minimum absolute atomic E-state index is 0.196. The number of sulfone groups is 1. The zero-order chi connectivity index (χ0) is 23.6. The smallest absolute Gasteiger partial charge is 0.315 e. The minimum atomic E-state index is -3.77. The monoisotopic (exact) mass is 460 g/mol. The van der Waals surface area contributed by atoms with Gasteiger partial charge in [-0.3, -0.25) is 9.59 Å². The fourth-order valence-electron chi connectivity index (χ4n) is 3.82. The number of hydrogen-bond acceptors (Lipinski definition) is 6. The molecule has 0 saturated heterocycles. The van der Waals surface area contributed by atoms with Gasteiger partial charge >= 0.3 is 11.9 Å². The van der Waals surface area contributed by atoms with Crippen molar-refractivity contribution >= 4 is 21.8 Å². The first-order valence-electron chi connectivity index (χ1n) is 10.9. The molecule has 7 heteroatoms. The topological polar surface area (TPSA) is 86.7 Å². The second kappa shape index (κ2) is 12.4. The van der Waals surface area contributed by atoms with Crippen molar-refractivity contribution in [3.63, 3.8) is 0 Å². The molecule has 0 N–H and O–H groups in total. The lowest BCUT2D eigenvalue weighted by Crippen LogP contribution is -2.41. The summed E-state index contributed by atoms with van der Waals surface area (Å²) in [6, 6.07) is 16.9. The van der Waals surface area contributed by atoms with E-state index < -0.39 is 27.0 Å². The summed E-state index contributed by atoms with van der Waals surface area (Å²) in [5.74, 6) is -1.59. The van der Waals surface area contributed by atoms with E-state index in [4.69, 9.17) is 4.74 Å². The Kier molecular flexibility index (Phi) is 9.91. The summed E-state index contributed by atoms with van der Waals surface area (Å²) in [5.41, 5.74) is 0. The SMILES string of the molecule is COC(=O)CCCCC[C@H](C(=O)Oc1ccccc1)[C@H](C(C)C)S(=O)(=O)c1ccccc1. The van der Waals surface area contributed by atoms with Gasteiger partial charge < -0.3 is 9.47 Å². The molecule has 0 amide bonds. The van der Waals surface area contributed by atoms with Crippen LogP contribution in [0.1, 0.15) is 46.0 Å². The van der Waals surface area contributed by atoms with Gasteiger partial charge in [-0.15, -0.1) is 0 Å². The van der Waals surface area contributed by atoms with E-state index in [1.807, 2.05) is 19.9 Å². The summed E-state index contributed by atoms with van der Waals surface area (Å²) < 4.78 is 37.3. The number of esters is 2. The van der Waals surface area contributed by atoms with Gasteiger partial charge in [-0.25, -0.2) is 8.42 Å². The van der Waals surface area contributed by atoms with E-state index in [1.54, 1.807) is 54.6 Å². The molecule has 0 aliphatic heterocycles. The zero-order valence-electron chi connectivity index (χ0n) is 18.9. The van der Waals surface area contributed by atoms with Crippen molar-refractivity contribution in [2.24, 2.45) is 11.8 Å². The summed E-state index contributed by atoms with van der Waals surface area (Å²) >= 11 is 0. The highest BCUT2D eigenvalue weighted by Gasteiger charge is 2.41. The first-order valence-corrected chi connectivity index (χ1v) is 12.4. The number of ether oxygens (including phenoxy) is 2. The molecular weight excluding hydrogens is 428 g/mol. The molecule has 0 radical (unpaired) electrons. The molecule has 2 atom stereocenters. The third-order valence-electron chi connectivity index (χ3n) is 5.37. The van der Waals surface area contributed by atoms with Crippen molar-refractivity contribution in [2.75, 3.05) is 7.11 Å². The van der Waals surface area contributed by atoms with Gasteiger partial charge in [-0.2, -0.15) is 0 Å². The molecule has 0 unspecified atom stereocenters. The fraction of sp³-hybridized carbons (Fsp3) is 0.440. The largest absolute Gasteiger partial charge is 0.469 e.